The first-order valence-corrected chi connectivity index (χ1v) is 11.5. The van der Waals surface area contributed by atoms with Crippen LogP contribution in [-0.2, 0) is 9.16 Å². The second-order valence-corrected chi connectivity index (χ2v) is 12.8. The zero-order chi connectivity index (χ0) is 16.8. The van der Waals surface area contributed by atoms with Gasteiger partial charge in [-0.25, -0.2) is 0 Å². The summed E-state index contributed by atoms with van der Waals surface area (Å²) in [6.45, 7) is 13.5. The lowest BCUT2D eigenvalue weighted by molar-refractivity contribution is 0.139. The lowest BCUT2D eigenvalue weighted by Crippen LogP contribution is -2.41. The first-order valence-electron chi connectivity index (χ1n) is 7.83. The van der Waals surface area contributed by atoms with Crippen molar-refractivity contribution in [1.29, 1.82) is 0 Å². The molecule has 0 bridgehead atoms. The molecule has 5 heteroatoms. The van der Waals surface area contributed by atoms with E-state index in [1.165, 1.54) is 0 Å². The van der Waals surface area contributed by atoms with Gasteiger partial charge in [0.2, 0.25) is 0 Å². The predicted octanol–water partition coefficient (Wildman–Crippen LogP) is 5.04. The van der Waals surface area contributed by atoms with Crippen LogP contribution in [0.2, 0.25) is 18.1 Å². The number of ether oxygens (including phenoxy) is 1. The van der Waals surface area contributed by atoms with Gasteiger partial charge in [0, 0.05) is 36.6 Å². The Morgan fingerprint density at radius 3 is 2.59 bits per heavy atom. The molecule has 22 heavy (non-hydrogen) atoms. The molecule has 1 heterocycles. The Hall–Kier alpha value is -0.363. The zero-order valence-electron chi connectivity index (χ0n) is 14.8. The summed E-state index contributed by atoms with van der Waals surface area (Å²) in [7, 11) is 0.421. The highest BCUT2D eigenvalue weighted by Crippen LogP contribution is 2.36. The smallest absolute Gasteiger partial charge is 0.191 e. The molecule has 0 aliphatic carbocycles. The maximum Gasteiger partial charge on any atom is 0.191 e. The molecular weight excluding hydrogens is 358 g/mol. The maximum atomic E-state index is 6.13. The fraction of sp³-hybridized carbons (Fsp3) is 0.647. The van der Waals surface area contributed by atoms with Crippen LogP contribution in [0.15, 0.2) is 34.6 Å². The Labute approximate surface area is 145 Å². The molecule has 0 spiro atoms. The van der Waals surface area contributed by atoms with Crippen LogP contribution in [0.5, 0.6) is 0 Å². The fourth-order valence-electron chi connectivity index (χ4n) is 1.70. The van der Waals surface area contributed by atoms with Crippen LogP contribution in [0.4, 0.5) is 0 Å². The Bertz CT molecular complexity index is 450. The monoisotopic (exact) mass is 387 g/mol. The zero-order valence-corrected chi connectivity index (χ0v) is 17.4. The molecule has 0 unspecified atom stereocenters. The van der Waals surface area contributed by atoms with E-state index in [9.17, 15) is 0 Å². The molecule has 0 saturated heterocycles. The molecule has 0 aromatic carbocycles. The van der Waals surface area contributed by atoms with Crippen molar-refractivity contribution in [3.63, 3.8) is 0 Å². The summed E-state index contributed by atoms with van der Waals surface area (Å²) in [5.41, 5.74) is 1.15. The molecule has 0 N–H and O–H groups in total. The molecular formula is C17H30BrNO2Si. The predicted molar refractivity (Wildman–Crippen MR) is 101 cm³/mol. The quantitative estimate of drug-likeness (QED) is 0.451. The molecule has 1 rings (SSSR count). The maximum absolute atomic E-state index is 6.13. The van der Waals surface area contributed by atoms with Crippen LogP contribution < -0.4 is 0 Å². The first-order chi connectivity index (χ1) is 10.1. The molecule has 0 amide bonds. The summed E-state index contributed by atoms with van der Waals surface area (Å²) in [6.07, 6.45) is 9.19. The SMILES string of the molecule is CN1C=CC(Br)=C/C1=C\COCCCO[Si](C)(C)C(C)(C)C. The van der Waals surface area contributed by atoms with E-state index in [-0.39, 0.29) is 5.04 Å². The summed E-state index contributed by atoms with van der Waals surface area (Å²) in [6, 6.07) is 0. The van der Waals surface area contributed by atoms with Gasteiger partial charge in [0.1, 0.15) is 0 Å². The van der Waals surface area contributed by atoms with Crippen molar-refractivity contribution in [2.45, 2.75) is 45.3 Å². The second-order valence-electron chi connectivity index (χ2n) is 7.12. The Morgan fingerprint density at radius 2 is 1.95 bits per heavy atom. The molecule has 1 aliphatic heterocycles. The second kappa shape index (κ2) is 8.48. The average molecular weight is 388 g/mol. The standard InChI is InChI=1S/C17H30BrNO2Si/c1-17(2,3)22(5,6)21-12-7-11-20-13-9-16-14-15(18)8-10-19(16)4/h8-10,14H,7,11-13H2,1-6H3/b16-9+. The summed E-state index contributed by atoms with van der Waals surface area (Å²) in [4.78, 5) is 2.08. The van der Waals surface area contributed by atoms with Crippen molar-refractivity contribution >= 4 is 24.2 Å². The van der Waals surface area contributed by atoms with E-state index in [0.717, 1.165) is 29.8 Å². The van der Waals surface area contributed by atoms with Gasteiger partial charge in [-0.15, -0.1) is 0 Å². The molecule has 0 radical (unpaired) electrons. The van der Waals surface area contributed by atoms with Crippen LogP contribution in [0.25, 0.3) is 0 Å². The van der Waals surface area contributed by atoms with Gasteiger partial charge in [-0.05, 0) is 42.8 Å². The van der Waals surface area contributed by atoms with E-state index in [4.69, 9.17) is 9.16 Å². The van der Waals surface area contributed by atoms with E-state index in [0.29, 0.717) is 6.61 Å². The highest BCUT2D eigenvalue weighted by molar-refractivity contribution is 9.11. The van der Waals surface area contributed by atoms with E-state index >= 15 is 0 Å². The van der Waals surface area contributed by atoms with Crippen LogP contribution >= 0.6 is 15.9 Å². The Balaban J connectivity index is 2.20. The number of nitrogens with zero attached hydrogens (tertiary/aromatic N) is 1. The minimum absolute atomic E-state index is 0.275. The van der Waals surface area contributed by atoms with Crippen molar-refractivity contribution < 1.29 is 9.16 Å². The van der Waals surface area contributed by atoms with Gasteiger partial charge in [0.15, 0.2) is 8.32 Å². The van der Waals surface area contributed by atoms with Crippen LogP contribution in [0.1, 0.15) is 27.2 Å². The van der Waals surface area contributed by atoms with Crippen molar-refractivity contribution in [2.24, 2.45) is 0 Å². The molecule has 3 nitrogen and oxygen atoms in total. The third kappa shape index (κ3) is 6.40. The van der Waals surface area contributed by atoms with Crippen molar-refractivity contribution in [3.05, 3.63) is 34.6 Å². The van der Waals surface area contributed by atoms with E-state index in [2.05, 4.69) is 66.8 Å². The Morgan fingerprint density at radius 1 is 1.27 bits per heavy atom. The van der Waals surface area contributed by atoms with Gasteiger partial charge in [0.25, 0.3) is 0 Å². The average Bonchev–Trinajstić information content (AvgIpc) is 2.40. The first kappa shape index (κ1) is 19.7. The van der Waals surface area contributed by atoms with Gasteiger partial charge in [0.05, 0.1) is 6.61 Å². The lowest BCUT2D eigenvalue weighted by atomic mass is 10.2. The molecule has 0 atom stereocenters. The highest BCUT2D eigenvalue weighted by atomic mass is 79.9. The number of halogens is 1. The number of likely N-dealkylation sites (N-methyl/N-ethyl adjacent to an activating group) is 1. The third-order valence-corrected chi connectivity index (χ3v) is 9.29. The normalized spacial score (nSPS) is 18.0. The summed E-state index contributed by atoms with van der Waals surface area (Å²) in [5.74, 6) is 0. The number of rotatable bonds is 7. The van der Waals surface area contributed by atoms with Gasteiger partial charge < -0.3 is 14.1 Å². The van der Waals surface area contributed by atoms with Crippen molar-refractivity contribution in [1.82, 2.24) is 4.90 Å². The van der Waals surface area contributed by atoms with Gasteiger partial charge in [-0.3, -0.25) is 0 Å². The van der Waals surface area contributed by atoms with E-state index < -0.39 is 8.32 Å². The Kier molecular flexibility index (Phi) is 7.59. The van der Waals surface area contributed by atoms with Crippen LogP contribution in [0.3, 0.4) is 0 Å². The molecule has 0 saturated carbocycles. The highest BCUT2D eigenvalue weighted by Gasteiger charge is 2.36. The van der Waals surface area contributed by atoms with E-state index in [1.807, 2.05) is 19.3 Å². The molecule has 1 aliphatic rings. The van der Waals surface area contributed by atoms with Gasteiger partial charge in [-0.1, -0.05) is 36.7 Å². The molecule has 0 aromatic heterocycles. The molecule has 0 aromatic rings. The number of allylic oxidation sites excluding steroid dienone is 3. The lowest BCUT2D eigenvalue weighted by Gasteiger charge is -2.36. The van der Waals surface area contributed by atoms with Gasteiger partial charge in [-0.2, -0.15) is 0 Å². The summed E-state index contributed by atoms with van der Waals surface area (Å²) in [5, 5.41) is 0.275. The largest absolute Gasteiger partial charge is 0.417 e. The van der Waals surface area contributed by atoms with Gasteiger partial charge >= 0.3 is 0 Å². The number of hydrogen-bond donors (Lipinski definition) is 0. The molecule has 126 valence electrons. The topological polar surface area (TPSA) is 21.7 Å². The van der Waals surface area contributed by atoms with Crippen molar-refractivity contribution in [2.75, 3.05) is 26.9 Å². The minimum atomic E-state index is -1.61. The van der Waals surface area contributed by atoms with Crippen LogP contribution in [0, 0.1) is 0 Å². The number of hydrogen-bond acceptors (Lipinski definition) is 3. The third-order valence-electron chi connectivity index (χ3n) is 4.26. The van der Waals surface area contributed by atoms with Crippen molar-refractivity contribution in [3.8, 4) is 0 Å². The van der Waals surface area contributed by atoms with Crippen LogP contribution in [-0.4, -0.2) is 40.1 Å². The summed E-state index contributed by atoms with van der Waals surface area (Å²) < 4.78 is 12.9. The summed E-state index contributed by atoms with van der Waals surface area (Å²) >= 11 is 3.49. The minimum Gasteiger partial charge on any atom is -0.417 e. The fourth-order valence-corrected chi connectivity index (χ4v) is 3.14. The van der Waals surface area contributed by atoms with E-state index in [1.54, 1.807) is 0 Å². The molecule has 0 fully saturated rings.